The van der Waals surface area contributed by atoms with Gasteiger partial charge in [-0.3, -0.25) is 9.40 Å². The molecule has 106 valence electrons. The van der Waals surface area contributed by atoms with E-state index in [1.54, 1.807) is 0 Å². The minimum Gasteiger partial charge on any atom is -0.302 e. The molecule has 1 aliphatic heterocycles. The molecular weight excluding hydrogens is 305 g/mol. The first-order chi connectivity index (χ1) is 8.38. The van der Waals surface area contributed by atoms with Gasteiger partial charge < -0.3 is 9.79 Å². The van der Waals surface area contributed by atoms with E-state index in [0.717, 1.165) is 25.7 Å². The van der Waals surface area contributed by atoms with E-state index in [1.807, 2.05) is 0 Å². The zero-order valence-corrected chi connectivity index (χ0v) is 12.1. The van der Waals surface area contributed by atoms with Crippen LogP contribution in [0.3, 0.4) is 0 Å². The number of rotatable bonds is 0. The standard InChI is InChI=1S/C6H15N2O7P3/c9-17(10)13-7-5-3-1-2-4-6(5)8-16-14-18(11,12)15-17/h5-8,16H,1-4H2,(H,9,10)(H,11,12)/t5-,6+/m1/s1. The maximum Gasteiger partial charge on any atom is 0.497 e. The number of nitrogens with one attached hydrogen (secondary N) is 2. The molecule has 0 aromatic heterocycles. The van der Waals surface area contributed by atoms with Gasteiger partial charge in [0.05, 0.1) is 0 Å². The van der Waals surface area contributed by atoms with Gasteiger partial charge in [-0.05, 0) is 12.8 Å². The Labute approximate surface area is 106 Å². The first-order valence-corrected chi connectivity index (χ1v) is 9.28. The zero-order chi connectivity index (χ0) is 13.2. The normalized spacial score (nSPS) is 48.6. The van der Waals surface area contributed by atoms with Crippen LogP contribution in [-0.2, 0) is 22.4 Å². The molecule has 9 nitrogen and oxygen atoms in total. The molecule has 4 N–H and O–H groups in total. The van der Waals surface area contributed by atoms with Crippen molar-refractivity contribution in [2.24, 2.45) is 0 Å². The van der Waals surface area contributed by atoms with Crippen LogP contribution in [0.25, 0.3) is 0 Å². The summed E-state index contributed by atoms with van der Waals surface area (Å²) in [6.07, 6.45) is 3.56. The first-order valence-electron chi connectivity index (χ1n) is 5.38. The van der Waals surface area contributed by atoms with Gasteiger partial charge in [-0.1, -0.05) is 12.8 Å². The van der Waals surface area contributed by atoms with Crippen molar-refractivity contribution in [2.75, 3.05) is 0 Å². The Bertz CT molecular complexity index is 393. The fraction of sp³-hybridized carbons (Fsp3) is 1.00. The molecule has 2 aliphatic rings. The summed E-state index contributed by atoms with van der Waals surface area (Å²) in [5.74, 6) is 0. The molecule has 1 saturated carbocycles. The van der Waals surface area contributed by atoms with Crippen LogP contribution in [0.5, 0.6) is 0 Å². The van der Waals surface area contributed by atoms with E-state index >= 15 is 0 Å². The molecule has 18 heavy (non-hydrogen) atoms. The molecule has 0 bridgehead atoms. The Morgan fingerprint density at radius 1 is 1.11 bits per heavy atom. The zero-order valence-electron chi connectivity index (χ0n) is 9.31. The Morgan fingerprint density at radius 2 is 1.78 bits per heavy atom. The molecule has 1 aliphatic carbocycles. The Morgan fingerprint density at radius 3 is 2.50 bits per heavy atom. The van der Waals surface area contributed by atoms with Crippen LogP contribution >= 0.6 is 24.6 Å². The van der Waals surface area contributed by atoms with Crippen molar-refractivity contribution >= 4 is 24.6 Å². The first kappa shape index (κ1) is 15.0. The van der Waals surface area contributed by atoms with Gasteiger partial charge in [0.1, 0.15) is 8.96 Å². The summed E-state index contributed by atoms with van der Waals surface area (Å²) in [6.45, 7) is 0. The number of hydroxylamine groups is 1. The third kappa shape index (κ3) is 4.32. The van der Waals surface area contributed by atoms with Crippen LogP contribution in [0.15, 0.2) is 0 Å². The lowest BCUT2D eigenvalue weighted by molar-refractivity contribution is 0.0729. The molecule has 5 atom stereocenters. The molecular formula is C6H15N2O7P3. The van der Waals surface area contributed by atoms with E-state index in [-0.39, 0.29) is 12.1 Å². The van der Waals surface area contributed by atoms with Gasteiger partial charge in [0, 0.05) is 12.1 Å². The third-order valence-electron chi connectivity index (χ3n) is 2.70. The van der Waals surface area contributed by atoms with Crippen molar-refractivity contribution in [3.05, 3.63) is 0 Å². The molecule has 1 heterocycles. The largest absolute Gasteiger partial charge is 0.497 e. The van der Waals surface area contributed by atoms with E-state index < -0.39 is 24.6 Å². The summed E-state index contributed by atoms with van der Waals surface area (Å²) >= 11 is 0. The Hall–Kier alpha value is 0.610. The van der Waals surface area contributed by atoms with Crippen molar-refractivity contribution < 1.29 is 32.2 Å². The minimum absolute atomic E-state index is 0.0461. The van der Waals surface area contributed by atoms with Crippen molar-refractivity contribution in [3.8, 4) is 0 Å². The average molecular weight is 320 g/mol. The van der Waals surface area contributed by atoms with Crippen LogP contribution in [-0.4, -0.2) is 21.9 Å². The minimum atomic E-state index is -4.66. The molecule has 3 unspecified atom stereocenters. The van der Waals surface area contributed by atoms with E-state index in [2.05, 4.69) is 23.8 Å². The monoisotopic (exact) mass is 320 g/mol. The summed E-state index contributed by atoms with van der Waals surface area (Å²) < 4.78 is 35.8. The second-order valence-electron chi connectivity index (χ2n) is 4.06. The van der Waals surface area contributed by atoms with Crippen molar-refractivity contribution in [2.45, 2.75) is 37.8 Å². The lowest BCUT2D eigenvalue weighted by atomic mass is 9.92. The third-order valence-corrected chi connectivity index (χ3v) is 6.46. The van der Waals surface area contributed by atoms with Gasteiger partial charge in [0.2, 0.25) is 0 Å². The lowest BCUT2D eigenvalue weighted by Gasteiger charge is -2.33. The van der Waals surface area contributed by atoms with Crippen LogP contribution in [0, 0.1) is 0 Å². The molecule has 12 heteroatoms. The second-order valence-corrected chi connectivity index (χ2v) is 8.00. The van der Waals surface area contributed by atoms with Gasteiger partial charge >= 0.3 is 15.6 Å². The molecule has 0 aromatic carbocycles. The SMILES string of the molecule is O=P1(O)ON[C@@H]2CCCC[C@@H]2NPOP(=O)(O)O1. The number of hydrogen-bond donors (Lipinski definition) is 4. The molecule has 0 amide bonds. The summed E-state index contributed by atoms with van der Waals surface area (Å²) in [5, 5.41) is 2.95. The summed E-state index contributed by atoms with van der Waals surface area (Å²) in [4.78, 5) is 18.4. The molecule has 0 radical (unpaired) electrons. The highest BCUT2D eigenvalue weighted by atomic mass is 31.3. The van der Waals surface area contributed by atoms with Crippen LogP contribution < -0.4 is 10.6 Å². The van der Waals surface area contributed by atoms with Gasteiger partial charge in [-0.25, -0.2) is 9.13 Å². The highest BCUT2D eigenvalue weighted by molar-refractivity contribution is 7.64. The van der Waals surface area contributed by atoms with Crippen molar-refractivity contribution in [1.82, 2.24) is 10.6 Å². The van der Waals surface area contributed by atoms with Crippen molar-refractivity contribution in [1.29, 1.82) is 0 Å². The van der Waals surface area contributed by atoms with E-state index in [0.29, 0.717) is 0 Å². The Balaban J connectivity index is 2.08. The summed E-state index contributed by atoms with van der Waals surface area (Å²) in [6, 6.07) is -0.217. The number of fused-ring (bicyclic) bond motifs is 1. The lowest BCUT2D eigenvalue weighted by Crippen LogP contribution is -2.47. The fourth-order valence-corrected chi connectivity index (χ4v) is 4.95. The average Bonchev–Trinajstić information content (AvgIpc) is 2.25. The van der Waals surface area contributed by atoms with E-state index in [9.17, 15) is 14.0 Å². The van der Waals surface area contributed by atoms with Crippen LogP contribution in [0.2, 0.25) is 0 Å². The second kappa shape index (κ2) is 5.94. The van der Waals surface area contributed by atoms with E-state index in [4.69, 9.17) is 4.89 Å². The Kier molecular flexibility index (Phi) is 4.95. The fourth-order valence-electron chi connectivity index (χ4n) is 1.90. The van der Waals surface area contributed by atoms with Gasteiger partial charge in [-0.15, -0.1) is 0 Å². The quantitative estimate of drug-likeness (QED) is 0.486. The summed E-state index contributed by atoms with van der Waals surface area (Å²) in [5.41, 5.74) is 2.44. The van der Waals surface area contributed by atoms with Crippen LogP contribution in [0.1, 0.15) is 25.7 Å². The highest BCUT2D eigenvalue weighted by Gasteiger charge is 2.39. The molecule has 2 fully saturated rings. The molecule has 0 aromatic rings. The molecule has 1 saturated heterocycles. The predicted octanol–water partition coefficient (Wildman–Crippen LogP) is 1.16. The van der Waals surface area contributed by atoms with Gasteiger partial charge in [-0.2, -0.15) is 14.4 Å². The molecule has 2 rings (SSSR count). The highest BCUT2D eigenvalue weighted by Crippen LogP contribution is 2.62. The number of phosphoric acid groups is 2. The predicted molar refractivity (Wildman–Crippen MR) is 63.5 cm³/mol. The number of hydrogen-bond acceptors (Lipinski definition) is 7. The summed E-state index contributed by atoms with van der Waals surface area (Å²) in [7, 11) is -9.76. The molecule has 0 spiro atoms. The van der Waals surface area contributed by atoms with Gasteiger partial charge in [0.15, 0.2) is 0 Å². The smallest absolute Gasteiger partial charge is 0.302 e. The topological polar surface area (TPSA) is 126 Å². The van der Waals surface area contributed by atoms with Gasteiger partial charge in [0.25, 0.3) is 0 Å². The van der Waals surface area contributed by atoms with Crippen molar-refractivity contribution in [3.63, 3.8) is 0 Å². The van der Waals surface area contributed by atoms with Crippen LogP contribution in [0.4, 0.5) is 0 Å². The maximum atomic E-state index is 11.4. The maximum absolute atomic E-state index is 11.4. The van der Waals surface area contributed by atoms with E-state index in [1.165, 1.54) is 0 Å².